The first kappa shape index (κ1) is 23.9. The molecule has 0 bridgehead atoms. The number of urea groups is 1. The summed E-state index contributed by atoms with van der Waals surface area (Å²) in [6, 6.07) is 20.6. The summed E-state index contributed by atoms with van der Waals surface area (Å²) in [7, 11) is 0. The van der Waals surface area contributed by atoms with Crippen molar-refractivity contribution in [3.63, 3.8) is 0 Å². The third-order valence-corrected chi connectivity index (χ3v) is 6.13. The highest BCUT2D eigenvalue weighted by atomic mass is 16.4. The lowest BCUT2D eigenvalue weighted by molar-refractivity contribution is -0.125. The van der Waals surface area contributed by atoms with Crippen LogP contribution in [0.3, 0.4) is 0 Å². The van der Waals surface area contributed by atoms with Gasteiger partial charge in [0.15, 0.2) is 0 Å². The van der Waals surface area contributed by atoms with E-state index in [1.165, 1.54) is 0 Å². The van der Waals surface area contributed by atoms with E-state index in [1.54, 1.807) is 25.1 Å². The number of benzene rings is 3. The van der Waals surface area contributed by atoms with Crippen molar-refractivity contribution in [3.05, 3.63) is 89.3 Å². The fourth-order valence-electron chi connectivity index (χ4n) is 4.22. The molecule has 186 valence electrons. The van der Waals surface area contributed by atoms with Crippen molar-refractivity contribution in [1.82, 2.24) is 20.4 Å². The smallest absolute Gasteiger partial charge is 0.324 e. The van der Waals surface area contributed by atoms with Crippen LogP contribution in [0.2, 0.25) is 0 Å². The first-order chi connectivity index (χ1) is 17.9. The average molecular weight is 496 g/mol. The normalized spacial score (nSPS) is 13.1. The Morgan fingerprint density at radius 1 is 0.973 bits per heavy atom. The number of anilines is 1. The number of carbonyl (C=O) groups is 3. The van der Waals surface area contributed by atoms with Crippen LogP contribution in [0, 0.1) is 13.8 Å². The highest BCUT2D eigenvalue weighted by Crippen LogP contribution is 2.29. The highest BCUT2D eigenvalue weighted by molar-refractivity contribution is 6.01. The lowest BCUT2D eigenvalue weighted by Crippen LogP contribution is -2.30. The van der Waals surface area contributed by atoms with E-state index in [9.17, 15) is 14.4 Å². The van der Waals surface area contributed by atoms with Crippen molar-refractivity contribution < 1.29 is 18.8 Å². The van der Waals surface area contributed by atoms with E-state index in [-0.39, 0.29) is 31.3 Å². The fourth-order valence-corrected chi connectivity index (χ4v) is 4.22. The van der Waals surface area contributed by atoms with E-state index < -0.39 is 6.03 Å². The molecule has 1 saturated heterocycles. The average Bonchev–Trinajstić information content (AvgIpc) is 3.45. The number of imide groups is 1. The molecule has 9 heteroatoms. The molecule has 37 heavy (non-hydrogen) atoms. The molecule has 1 aromatic heterocycles. The first-order valence-corrected chi connectivity index (χ1v) is 11.8. The van der Waals surface area contributed by atoms with Gasteiger partial charge in [-0.1, -0.05) is 42.5 Å². The molecule has 4 aromatic rings. The summed E-state index contributed by atoms with van der Waals surface area (Å²) < 4.78 is 5.56. The summed E-state index contributed by atoms with van der Waals surface area (Å²) in [6.07, 6.45) is 0.206. The number of nitrogens with one attached hydrogen (secondary N) is 2. The monoisotopic (exact) mass is 495 g/mol. The predicted octanol–water partition coefficient (Wildman–Crippen LogP) is 4.25. The van der Waals surface area contributed by atoms with Gasteiger partial charge >= 0.3 is 6.03 Å². The number of hydrogen-bond donors (Lipinski definition) is 2. The minimum absolute atomic E-state index is 0.0113. The first-order valence-electron chi connectivity index (χ1n) is 11.8. The molecule has 0 aliphatic carbocycles. The Balaban J connectivity index is 1.24. The molecule has 4 amide bonds. The molecule has 3 aromatic carbocycles. The Bertz CT molecular complexity index is 1480. The van der Waals surface area contributed by atoms with Crippen LogP contribution >= 0.6 is 0 Å². The molecule has 0 spiro atoms. The molecular weight excluding hydrogens is 470 g/mol. The molecule has 5 rings (SSSR count). The van der Waals surface area contributed by atoms with Crippen LogP contribution in [0.15, 0.2) is 71.1 Å². The summed E-state index contributed by atoms with van der Waals surface area (Å²) >= 11 is 0. The second kappa shape index (κ2) is 10.1. The van der Waals surface area contributed by atoms with Gasteiger partial charge in [-0.15, -0.1) is 10.2 Å². The number of amides is 4. The second-order valence-corrected chi connectivity index (χ2v) is 8.92. The maximum atomic E-state index is 12.7. The van der Waals surface area contributed by atoms with Crippen LogP contribution in [-0.4, -0.2) is 39.5 Å². The van der Waals surface area contributed by atoms with Crippen LogP contribution in [-0.2, 0) is 22.6 Å². The van der Waals surface area contributed by atoms with Gasteiger partial charge in [-0.25, -0.2) is 4.79 Å². The molecule has 0 radical (unpaired) electrons. The van der Waals surface area contributed by atoms with Crippen molar-refractivity contribution in [2.75, 3.05) is 11.9 Å². The number of aryl methyl sites for hydroxylation is 2. The Morgan fingerprint density at radius 2 is 1.76 bits per heavy atom. The topological polar surface area (TPSA) is 117 Å². The zero-order valence-corrected chi connectivity index (χ0v) is 20.4. The third kappa shape index (κ3) is 5.40. The van der Waals surface area contributed by atoms with E-state index in [2.05, 4.69) is 20.8 Å². The molecular formula is C28H25N5O4. The van der Waals surface area contributed by atoms with Gasteiger partial charge in [-0.05, 0) is 59.0 Å². The maximum absolute atomic E-state index is 12.7. The predicted molar refractivity (Wildman–Crippen MR) is 137 cm³/mol. The van der Waals surface area contributed by atoms with Gasteiger partial charge in [-0.3, -0.25) is 14.5 Å². The molecule has 0 saturated carbocycles. The van der Waals surface area contributed by atoms with Gasteiger partial charge < -0.3 is 15.1 Å². The molecule has 0 atom stereocenters. The highest BCUT2D eigenvalue weighted by Gasteiger charge is 2.28. The number of carbonyl (C=O) groups excluding carboxylic acids is 3. The molecule has 2 heterocycles. The SMILES string of the molecule is Cc1nnc(-c2ccc(C)c(-c3ccc(CC(=O)Nc4cccc(CN5C(=O)CNC5=O)c4)cc3)c2)o1. The molecule has 9 nitrogen and oxygen atoms in total. The number of nitrogens with zero attached hydrogens (tertiary/aromatic N) is 3. The lowest BCUT2D eigenvalue weighted by Gasteiger charge is -2.13. The van der Waals surface area contributed by atoms with Crippen molar-refractivity contribution in [2.24, 2.45) is 0 Å². The van der Waals surface area contributed by atoms with Crippen LogP contribution in [0.25, 0.3) is 22.6 Å². The van der Waals surface area contributed by atoms with Gasteiger partial charge in [0.2, 0.25) is 23.6 Å². The van der Waals surface area contributed by atoms with Crippen LogP contribution in [0.1, 0.15) is 22.6 Å². The van der Waals surface area contributed by atoms with E-state index in [0.29, 0.717) is 17.5 Å². The fraction of sp³-hybridized carbons (Fsp3) is 0.179. The van der Waals surface area contributed by atoms with Gasteiger partial charge in [0.25, 0.3) is 0 Å². The summed E-state index contributed by atoms with van der Waals surface area (Å²) in [5, 5.41) is 13.4. The van der Waals surface area contributed by atoms with Crippen molar-refractivity contribution in [2.45, 2.75) is 26.8 Å². The van der Waals surface area contributed by atoms with Gasteiger partial charge in [-0.2, -0.15) is 0 Å². The Labute approximate surface area is 213 Å². The Morgan fingerprint density at radius 3 is 2.46 bits per heavy atom. The maximum Gasteiger partial charge on any atom is 0.324 e. The summed E-state index contributed by atoms with van der Waals surface area (Å²) in [5.41, 5.74) is 6.26. The van der Waals surface area contributed by atoms with E-state index in [1.807, 2.05) is 55.5 Å². The number of rotatable bonds is 7. The summed E-state index contributed by atoms with van der Waals surface area (Å²) in [6.45, 7) is 3.97. The molecule has 1 fully saturated rings. The molecule has 2 N–H and O–H groups in total. The minimum Gasteiger partial charge on any atom is -0.421 e. The zero-order valence-electron chi connectivity index (χ0n) is 20.4. The quantitative estimate of drug-likeness (QED) is 0.370. The summed E-state index contributed by atoms with van der Waals surface area (Å²) in [4.78, 5) is 37.5. The standard InChI is InChI=1S/C28H25N5O4/c1-17-6-9-22(27-32-31-18(2)37-27)14-24(17)21-10-7-19(8-11-21)13-25(34)30-23-5-3-4-20(12-23)16-33-26(35)15-29-28(33)36/h3-12,14H,13,15-16H2,1-2H3,(H,29,36)(H,30,34). The van der Waals surface area contributed by atoms with Crippen LogP contribution < -0.4 is 10.6 Å². The molecule has 1 aliphatic rings. The Hall–Kier alpha value is -4.79. The largest absolute Gasteiger partial charge is 0.421 e. The third-order valence-electron chi connectivity index (χ3n) is 6.13. The van der Waals surface area contributed by atoms with Crippen molar-refractivity contribution >= 4 is 23.5 Å². The van der Waals surface area contributed by atoms with Crippen molar-refractivity contribution in [3.8, 4) is 22.6 Å². The van der Waals surface area contributed by atoms with Gasteiger partial charge in [0.1, 0.15) is 0 Å². The lowest BCUT2D eigenvalue weighted by atomic mass is 9.96. The molecule has 0 unspecified atom stereocenters. The zero-order chi connectivity index (χ0) is 25.9. The van der Waals surface area contributed by atoms with E-state index in [4.69, 9.17) is 4.42 Å². The van der Waals surface area contributed by atoms with Gasteiger partial charge in [0.05, 0.1) is 19.5 Å². The Kier molecular flexibility index (Phi) is 6.51. The van der Waals surface area contributed by atoms with Crippen LogP contribution in [0.4, 0.5) is 10.5 Å². The minimum atomic E-state index is -0.408. The number of aromatic nitrogens is 2. The number of hydrogen-bond acceptors (Lipinski definition) is 6. The summed E-state index contributed by atoms with van der Waals surface area (Å²) in [5.74, 6) is 0.561. The van der Waals surface area contributed by atoms with Crippen LogP contribution in [0.5, 0.6) is 0 Å². The second-order valence-electron chi connectivity index (χ2n) is 8.92. The van der Waals surface area contributed by atoms with Gasteiger partial charge in [0, 0.05) is 18.2 Å². The molecule has 1 aliphatic heterocycles. The van der Waals surface area contributed by atoms with E-state index >= 15 is 0 Å². The van der Waals surface area contributed by atoms with E-state index in [0.717, 1.165) is 38.3 Å². The van der Waals surface area contributed by atoms with Crippen molar-refractivity contribution in [1.29, 1.82) is 0 Å².